The van der Waals surface area contributed by atoms with Crippen LogP contribution in [0.2, 0.25) is 20.2 Å². The molecule has 1 N–H and O–H groups in total. The number of halogens is 4. The van der Waals surface area contributed by atoms with Crippen molar-refractivity contribution in [1.82, 2.24) is 4.98 Å². The summed E-state index contributed by atoms with van der Waals surface area (Å²) < 4.78 is 0. The fourth-order valence-corrected chi connectivity index (χ4v) is 2.28. The van der Waals surface area contributed by atoms with Crippen LogP contribution in [0.1, 0.15) is 0 Å². The second-order valence-corrected chi connectivity index (χ2v) is 4.96. The number of aromatic amines is 1. The molecule has 0 saturated carbocycles. The molecule has 0 atom stereocenters. The average molecular weight is 309 g/mol. The van der Waals surface area contributed by atoms with Gasteiger partial charge in [0, 0.05) is 16.7 Å². The smallest absolute Gasteiger partial charge is 0.249 e. The molecule has 0 radical (unpaired) electrons. The van der Waals surface area contributed by atoms with E-state index in [1.807, 2.05) is 0 Å². The lowest BCUT2D eigenvalue weighted by atomic mass is 10.1. The summed E-state index contributed by atoms with van der Waals surface area (Å²) in [6.07, 6.45) is 0. The SMILES string of the molecule is O=c1cc(-c2cc(Cl)c(Cl)cc2Cl)cc(Cl)[nH]1. The van der Waals surface area contributed by atoms with Crippen molar-refractivity contribution in [2.24, 2.45) is 0 Å². The fraction of sp³-hybridized carbons (Fsp3) is 0. The van der Waals surface area contributed by atoms with Crippen molar-refractivity contribution in [1.29, 1.82) is 0 Å². The van der Waals surface area contributed by atoms with Crippen LogP contribution in [0.3, 0.4) is 0 Å². The van der Waals surface area contributed by atoms with Gasteiger partial charge in [-0.3, -0.25) is 4.79 Å². The quantitative estimate of drug-likeness (QED) is 0.603. The fourth-order valence-electron chi connectivity index (χ4n) is 1.41. The minimum Gasteiger partial charge on any atom is -0.313 e. The number of hydrogen-bond acceptors (Lipinski definition) is 1. The average Bonchev–Trinajstić information content (AvgIpc) is 2.22. The normalized spacial score (nSPS) is 10.6. The molecule has 88 valence electrons. The van der Waals surface area contributed by atoms with Crippen LogP contribution in [0.4, 0.5) is 0 Å². The lowest BCUT2D eigenvalue weighted by Crippen LogP contribution is -2.03. The monoisotopic (exact) mass is 307 g/mol. The van der Waals surface area contributed by atoms with Gasteiger partial charge in [0.1, 0.15) is 5.15 Å². The van der Waals surface area contributed by atoms with Crippen molar-refractivity contribution in [3.05, 3.63) is 54.8 Å². The van der Waals surface area contributed by atoms with E-state index in [0.29, 0.717) is 26.2 Å². The first-order valence-corrected chi connectivity index (χ1v) is 6.03. The van der Waals surface area contributed by atoms with Gasteiger partial charge in [0.05, 0.1) is 10.0 Å². The van der Waals surface area contributed by atoms with Gasteiger partial charge in [-0.05, 0) is 23.8 Å². The number of rotatable bonds is 1. The lowest BCUT2D eigenvalue weighted by Gasteiger charge is -2.06. The zero-order valence-corrected chi connectivity index (χ0v) is 11.3. The van der Waals surface area contributed by atoms with E-state index in [4.69, 9.17) is 46.4 Å². The molecule has 1 aromatic carbocycles. The molecule has 1 heterocycles. The van der Waals surface area contributed by atoms with Gasteiger partial charge in [-0.1, -0.05) is 46.4 Å². The Bertz CT molecular complexity index is 636. The third kappa shape index (κ3) is 2.78. The van der Waals surface area contributed by atoms with E-state index in [9.17, 15) is 4.79 Å². The molecule has 6 heteroatoms. The molecule has 0 aliphatic carbocycles. The second kappa shape index (κ2) is 4.91. The van der Waals surface area contributed by atoms with Crippen LogP contribution in [0.15, 0.2) is 29.1 Å². The second-order valence-electron chi connectivity index (χ2n) is 3.33. The molecule has 0 amide bonds. The van der Waals surface area contributed by atoms with Crippen molar-refractivity contribution >= 4 is 46.4 Å². The zero-order chi connectivity index (χ0) is 12.6. The highest BCUT2D eigenvalue weighted by Gasteiger charge is 2.09. The molecular weight excluding hydrogens is 304 g/mol. The maximum absolute atomic E-state index is 11.3. The van der Waals surface area contributed by atoms with Crippen LogP contribution in [-0.2, 0) is 0 Å². The number of H-pyrrole nitrogens is 1. The first-order valence-electron chi connectivity index (χ1n) is 4.52. The maximum Gasteiger partial charge on any atom is 0.249 e. The Morgan fingerprint density at radius 2 is 1.47 bits per heavy atom. The number of aromatic nitrogens is 1. The van der Waals surface area contributed by atoms with Gasteiger partial charge in [-0.2, -0.15) is 0 Å². The van der Waals surface area contributed by atoms with Crippen LogP contribution in [0.5, 0.6) is 0 Å². The maximum atomic E-state index is 11.3. The largest absolute Gasteiger partial charge is 0.313 e. The number of hydrogen-bond donors (Lipinski definition) is 1. The highest BCUT2D eigenvalue weighted by molar-refractivity contribution is 6.44. The first-order chi connectivity index (χ1) is 7.97. The molecule has 0 saturated heterocycles. The van der Waals surface area contributed by atoms with Crippen molar-refractivity contribution in [3.8, 4) is 11.1 Å². The van der Waals surface area contributed by atoms with E-state index in [1.165, 1.54) is 12.1 Å². The van der Waals surface area contributed by atoms with Gasteiger partial charge >= 0.3 is 0 Å². The molecule has 2 nitrogen and oxygen atoms in total. The van der Waals surface area contributed by atoms with E-state index in [2.05, 4.69) is 4.98 Å². The summed E-state index contributed by atoms with van der Waals surface area (Å²) in [5.74, 6) is 0. The van der Waals surface area contributed by atoms with Gasteiger partial charge in [0.2, 0.25) is 5.56 Å². The van der Waals surface area contributed by atoms with E-state index >= 15 is 0 Å². The summed E-state index contributed by atoms with van der Waals surface area (Å²) in [7, 11) is 0. The molecule has 0 spiro atoms. The Labute approximate surface area is 117 Å². The third-order valence-electron chi connectivity index (χ3n) is 2.13. The molecule has 0 bridgehead atoms. The van der Waals surface area contributed by atoms with Gasteiger partial charge in [0.15, 0.2) is 0 Å². The summed E-state index contributed by atoms with van der Waals surface area (Å²) in [5.41, 5.74) is 0.881. The van der Waals surface area contributed by atoms with Crippen LogP contribution >= 0.6 is 46.4 Å². The van der Waals surface area contributed by atoms with Crippen molar-refractivity contribution < 1.29 is 0 Å². The molecule has 0 aliphatic heterocycles. The first kappa shape index (κ1) is 12.8. The van der Waals surface area contributed by atoms with Gasteiger partial charge < -0.3 is 4.98 Å². The molecule has 0 aliphatic rings. The van der Waals surface area contributed by atoms with Crippen molar-refractivity contribution in [3.63, 3.8) is 0 Å². The summed E-state index contributed by atoms with van der Waals surface area (Å²) >= 11 is 23.5. The van der Waals surface area contributed by atoms with E-state index in [1.54, 1.807) is 12.1 Å². The molecule has 2 rings (SSSR count). The summed E-state index contributed by atoms with van der Waals surface area (Å²) in [4.78, 5) is 13.7. The standard InChI is InChI=1S/C11H5Cl4NO/c12-7-4-9(14)8(13)3-6(7)5-1-10(15)16-11(17)2-5/h1-4H,(H,16,17). The van der Waals surface area contributed by atoms with E-state index in [-0.39, 0.29) is 10.7 Å². The summed E-state index contributed by atoms with van der Waals surface area (Å²) in [6, 6.07) is 6.10. The number of benzene rings is 1. The third-order valence-corrected chi connectivity index (χ3v) is 3.37. The predicted molar refractivity (Wildman–Crippen MR) is 72.5 cm³/mol. The van der Waals surface area contributed by atoms with Gasteiger partial charge in [-0.15, -0.1) is 0 Å². The van der Waals surface area contributed by atoms with Crippen LogP contribution in [0.25, 0.3) is 11.1 Å². The Morgan fingerprint density at radius 3 is 2.12 bits per heavy atom. The summed E-state index contributed by atoms with van der Waals surface area (Å²) in [5, 5.41) is 1.36. The number of pyridine rings is 1. The molecule has 17 heavy (non-hydrogen) atoms. The zero-order valence-electron chi connectivity index (χ0n) is 8.23. The Morgan fingerprint density at radius 1 is 0.824 bits per heavy atom. The minimum atomic E-state index is -0.311. The van der Waals surface area contributed by atoms with Gasteiger partial charge in [-0.25, -0.2) is 0 Å². The Balaban J connectivity index is 2.68. The highest BCUT2D eigenvalue weighted by Crippen LogP contribution is 2.35. The number of nitrogens with one attached hydrogen (secondary N) is 1. The molecule has 0 fully saturated rings. The minimum absolute atomic E-state index is 0.231. The van der Waals surface area contributed by atoms with Crippen LogP contribution in [-0.4, -0.2) is 4.98 Å². The molecular formula is C11H5Cl4NO. The lowest BCUT2D eigenvalue weighted by molar-refractivity contribution is 1.24. The predicted octanol–water partition coefficient (Wildman–Crippen LogP) is 4.66. The molecule has 1 aromatic heterocycles. The Kier molecular flexibility index (Phi) is 3.69. The summed E-state index contributed by atoms with van der Waals surface area (Å²) in [6.45, 7) is 0. The highest BCUT2D eigenvalue weighted by atomic mass is 35.5. The van der Waals surface area contributed by atoms with Gasteiger partial charge in [0.25, 0.3) is 0 Å². The van der Waals surface area contributed by atoms with Crippen molar-refractivity contribution in [2.45, 2.75) is 0 Å². The van der Waals surface area contributed by atoms with E-state index < -0.39 is 0 Å². The Hall–Kier alpha value is -0.670. The molecule has 0 unspecified atom stereocenters. The van der Waals surface area contributed by atoms with E-state index in [0.717, 1.165) is 0 Å². The molecule has 2 aromatic rings. The topological polar surface area (TPSA) is 32.9 Å². The van der Waals surface area contributed by atoms with Crippen LogP contribution < -0.4 is 5.56 Å². The van der Waals surface area contributed by atoms with Crippen molar-refractivity contribution in [2.75, 3.05) is 0 Å². The van der Waals surface area contributed by atoms with Crippen LogP contribution in [0, 0.1) is 0 Å².